The van der Waals surface area contributed by atoms with E-state index in [0.717, 1.165) is 67.2 Å². The van der Waals surface area contributed by atoms with Crippen LogP contribution in [0.3, 0.4) is 0 Å². The molecule has 6 rings (SSSR count). The molecule has 38 heavy (non-hydrogen) atoms. The number of aromatic nitrogens is 5. The summed E-state index contributed by atoms with van der Waals surface area (Å²) in [6, 6.07) is 15.8. The van der Waals surface area contributed by atoms with Crippen LogP contribution in [0.5, 0.6) is 11.5 Å². The lowest BCUT2D eigenvalue weighted by Crippen LogP contribution is -2.49. The topological polar surface area (TPSA) is 101 Å². The summed E-state index contributed by atoms with van der Waals surface area (Å²) in [5.74, 6) is 2.30. The predicted octanol–water partition coefficient (Wildman–Crippen LogP) is 3.56. The molecule has 1 atom stereocenters. The van der Waals surface area contributed by atoms with E-state index in [1.165, 1.54) is 12.8 Å². The number of anilines is 1. The molecule has 2 aliphatic rings. The molecule has 1 N–H and O–H groups in total. The minimum atomic E-state index is -0.348. The number of rotatable bonds is 7. The van der Waals surface area contributed by atoms with Crippen LogP contribution in [-0.2, 0) is 0 Å². The highest BCUT2D eigenvalue weighted by atomic mass is 16.5. The maximum Gasteiger partial charge on any atom is 0.253 e. The van der Waals surface area contributed by atoms with E-state index in [-0.39, 0.29) is 17.6 Å². The average Bonchev–Trinajstić information content (AvgIpc) is 3.66. The van der Waals surface area contributed by atoms with Gasteiger partial charge in [-0.05, 0) is 71.1 Å². The molecule has 2 aromatic carbocycles. The van der Waals surface area contributed by atoms with Crippen LogP contribution in [0.2, 0.25) is 0 Å². The largest absolute Gasteiger partial charge is 0.497 e. The minimum absolute atomic E-state index is 0.130. The number of hydrogen-bond donors (Lipinski definition) is 1. The Bertz CT molecular complexity index is 1450. The Morgan fingerprint density at radius 1 is 0.921 bits per heavy atom. The van der Waals surface area contributed by atoms with Gasteiger partial charge >= 0.3 is 0 Å². The maximum absolute atomic E-state index is 13.6. The lowest BCUT2D eigenvalue weighted by molar-refractivity contribution is 0.197. The SMILES string of the molecule is COc1ccc(N2CCN(C(c3cc4ccc(OC)cc4[nH]c3=O)c3nnnn3C3CCCC3)CC2)cc1. The van der Waals surface area contributed by atoms with Gasteiger partial charge in [-0.2, -0.15) is 0 Å². The molecule has 2 aromatic heterocycles. The zero-order chi connectivity index (χ0) is 26.1. The van der Waals surface area contributed by atoms with Crippen molar-refractivity contribution >= 4 is 16.6 Å². The molecule has 0 radical (unpaired) electrons. The summed E-state index contributed by atoms with van der Waals surface area (Å²) in [5, 5.41) is 14.0. The van der Waals surface area contributed by atoms with Crippen LogP contribution in [0.25, 0.3) is 10.9 Å². The van der Waals surface area contributed by atoms with Crippen LogP contribution < -0.4 is 19.9 Å². The van der Waals surface area contributed by atoms with Gasteiger partial charge in [-0.3, -0.25) is 9.69 Å². The zero-order valence-electron chi connectivity index (χ0n) is 21.8. The Labute approximate surface area is 221 Å². The van der Waals surface area contributed by atoms with Crippen molar-refractivity contribution in [2.75, 3.05) is 45.3 Å². The summed E-state index contributed by atoms with van der Waals surface area (Å²) in [6.45, 7) is 3.20. The third kappa shape index (κ3) is 4.60. The van der Waals surface area contributed by atoms with Crippen molar-refractivity contribution in [1.29, 1.82) is 0 Å². The second kappa shape index (κ2) is 10.4. The van der Waals surface area contributed by atoms with Crippen LogP contribution in [0.15, 0.2) is 53.3 Å². The Morgan fingerprint density at radius 2 is 1.63 bits per heavy atom. The van der Waals surface area contributed by atoms with E-state index in [9.17, 15) is 4.79 Å². The summed E-state index contributed by atoms with van der Waals surface area (Å²) in [5.41, 5.74) is 2.44. The quantitative estimate of drug-likeness (QED) is 0.399. The van der Waals surface area contributed by atoms with Gasteiger partial charge in [0.05, 0.1) is 25.8 Å². The fraction of sp³-hybridized carbons (Fsp3) is 0.429. The molecular formula is C28H33N7O3. The average molecular weight is 516 g/mol. The monoisotopic (exact) mass is 515 g/mol. The predicted molar refractivity (Wildman–Crippen MR) is 145 cm³/mol. The van der Waals surface area contributed by atoms with Crippen molar-refractivity contribution in [3.63, 3.8) is 0 Å². The van der Waals surface area contributed by atoms with E-state index in [0.29, 0.717) is 11.3 Å². The maximum atomic E-state index is 13.6. The third-order valence-corrected chi connectivity index (χ3v) is 7.93. The van der Waals surface area contributed by atoms with Crippen LogP contribution in [-0.4, -0.2) is 70.5 Å². The molecule has 1 aliphatic carbocycles. The number of pyridine rings is 1. The molecular weight excluding hydrogens is 482 g/mol. The number of methoxy groups -OCH3 is 2. The molecule has 10 heteroatoms. The molecule has 1 saturated heterocycles. The Hall–Kier alpha value is -3.92. The minimum Gasteiger partial charge on any atom is -0.497 e. The van der Waals surface area contributed by atoms with Gasteiger partial charge in [0.25, 0.3) is 5.56 Å². The molecule has 1 aliphatic heterocycles. The van der Waals surface area contributed by atoms with E-state index in [4.69, 9.17) is 9.47 Å². The number of nitrogens with one attached hydrogen (secondary N) is 1. The first-order valence-electron chi connectivity index (χ1n) is 13.3. The van der Waals surface area contributed by atoms with Crippen LogP contribution >= 0.6 is 0 Å². The standard InChI is InChI=1S/C28H33N7O3/c1-37-22-11-8-20(9-12-22)33-13-15-34(16-14-33)26(27-30-31-32-35(27)21-5-3-4-6-21)24-17-19-7-10-23(38-2)18-25(19)29-28(24)36/h7-12,17-18,21,26H,3-6,13-16H2,1-2H3,(H,29,36). The number of hydrogen-bond acceptors (Lipinski definition) is 8. The normalized spacial score (nSPS) is 17.7. The van der Waals surface area contributed by atoms with E-state index < -0.39 is 0 Å². The summed E-state index contributed by atoms with van der Waals surface area (Å²) >= 11 is 0. The summed E-state index contributed by atoms with van der Waals surface area (Å²) < 4.78 is 12.6. The molecule has 1 unspecified atom stereocenters. The first kappa shape index (κ1) is 24.4. The number of benzene rings is 2. The van der Waals surface area contributed by atoms with E-state index in [1.807, 2.05) is 41.1 Å². The lowest BCUT2D eigenvalue weighted by Gasteiger charge is -2.39. The smallest absolute Gasteiger partial charge is 0.253 e. The van der Waals surface area contributed by atoms with Crippen molar-refractivity contribution in [2.45, 2.75) is 37.8 Å². The summed E-state index contributed by atoms with van der Waals surface area (Å²) in [6.07, 6.45) is 4.47. The van der Waals surface area contributed by atoms with Gasteiger partial charge in [-0.1, -0.05) is 12.8 Å². The molecule has 4 aromatic rings. The van der Waals surface area contributed by atoms with Crippen LogP contribution in [0, 0.1) is 0 Å². The lowest BCUT2D eigenvalue weighted by atomic mass is 10.0. The number of piperazine rings is 1. The van der Waals surface area contributed by atoms with Crippen LogP contribution in [0.1, 0.15) is 49.2 Å². The van der Waals surface area contributed by atoms with Gasteiger partial charge in [-0.25, -0.2) is 4.68 Å². The number of nitrogens with zero attached hydrogens (tertiary/aromatic N) is 6. The molecule has 2 fully saturated rings. The highest BCUT2D eigenvalue weighted by Crippen LogP contribution is 2.34. The van der Waals surface area contributed by atoms with E-state index >= 15 is 0 Å². The van der Waals surface area contributed by atoms with Gasteiger partial charge < -0.3 is 19.4 Å². The molecule has 3 heterocycles. The van der Waals surface area contributed by atoms with Gasteiger partial charge in [0, 0.05) is 43.5 Å². The number of aromatic amines is 1. The van der Waals surface area contributed by atoms with Gasteiger partial charge in [0.1, 0.15) is 17.5 Å². The second-order valence-corrected chi connectivity index (χ2v) is 10.1. The first-order valence-corrected chi connectivity index (χ1v) is 13.3. The molecule has 0 spiro atoms. The highest BCUT2D eigenvalue weighted by molar-refractivity contribution is 5.80. The number of fused-ring (bicyclic) bond motifs is 1. The molecule has 10 nitrogen and oxygen atoms in total. The highest BCUT2D eigenvalue weighted by Gasteiger charge is 2.34. The molecule has 198 valence electrons. The van der Waals surface area contributed by atoms with E-state index in [1.54, 1.807) is 14.2 Å². The summed E-state index contributed by atoms with van der Waals surface area (Å²) in [4.78, 5) is 21.4. The van der Waals surface area contributed by atoms with Crippen LogP contribution in [0.4, 0.5) is 5.69 Å². The fourth-order valence-corrected chi connectivity index (χ4v) is 5.85. The fourth-order valence-electron chi connectivity index (χ4n) is 5.85. The number of tetrazole rings is 1. The Kier molecular flexibility index (Phi) is 6.71. The molecule has 0 bridgehead atoms. The van der Waals surface area contributed by atoms with Gasteiger partial charge in [0.15, 0.2) is 5.82 Å². The Morgan fingerprint density at radius 3 is 2.34 bits per heavy atom. The Balaban J connectivity index is 1.36. The zero-order valence-corrected chi connectivity index (χ0v) is 21.8. The van der Waals surface area contributed by atoms with Gasteiger partial charge in [-0.15, -0.1) is 5.10 Å². The third-order valence-electron chi connectivity index (χ3n) is 7.93. The number of H-pyrrole nitrogens is 1. The first-order chi connectivity index (χ1) is 18.6. The van der Waals surface area contributed by atoms with Crippen molar-refractivity contribution in [2.24, 2.45) is 0 Å². The van der Waals surface area contributed by atoms with Gasteiger partial charge in [0.2, 0.25) is 0 Å². The number of ether oxygens (including phenoxy) is 2. The summed E-state index contributed by atoms with van der Waals surface area (Å²) in [7, 11) is 3.30. The molecule has 0 amide bonds. The molecule has 1 saturated carbocycles. The van der Waals surface area contributed by atoms with Crippen molar-refractivity contribution in [3.8, 4) is 11.5 Å². The second-order valence-electron chi connectivity index (χ2n) is 10.1. The van der Waals surface area contributed by atoms with E-state index in [2.05, 4.69) is 42.4 Å². The van der Waals surface area contributed by atoms with Crippen molar-refractivity contribution < 1.29 is 9.47 Å². The van der Waals surface area contributed by atoms with Crippen molar-refractivity contribution in [3.05, 3.63) is 70.3 Å². The van der Waals surface area contributed by atoms with Crippen molar-refractivity contribution in [1.82, 2.24) is 30.1 Å².